The van der Waals surface area contributed by atoms with Crippen LogP contribution in [0.1, 0.15) is 43.2 Å². The monoisotopic (exact) mass is 541 g/mol. The average Bonchev–Trinajstić information content (AvgIpc) is 3.48. The summed E-state index contributed by atoms with van der Waals surface area (Å²) in [6.07, 6.45) is 5.12. The molecule has 200 valence electrons. The van der Waals surface area contributed by atoms with Crippen LogP contribution in [0, 0.1) is 12.7 Å². The first-order valence-electron chi connectivity index (χ1n) is 12.9. The second kappa shape index (κ2) is 9.93. The van der Waals surface area contributed by atoms with Crippen molar-refractivity contribution in [3.8, 4) is 5.75 Å². The van der Waals surface area contributed by atoms with Crippen LogP contribution in [-0.4, -0.2) is 30.7 Å². The summed E-state index contributed by atoms with van der Waals surface area (Å²) < 4.78 is 27.7. The Morgan fingerprint density at radius 1 is 1.08 bits per heavy atom. The van der Waals surface area contributed by atoms with Gasteiger partial charge in [-0.1, -0.05) is 56.7 Å². The number of rotatable bonds is 6. The molecule has 0 N–H and O–H groups in total. The number of benzene rings is 2. The van der Waals surface area contributed by atoms with Gasteiger partial charge in [0.15, 0.2) is 11.7 Å². The average molecular weight is 542 g/mol. The van der Waals surface area contributed by atoms with Gasteiger partial charge >= 0.3 is 0 Å². The Labute approximate surface area is 229 Å². The van der Waals surface area contributed by atoms with E-state index in [1.165, 1.54) is 11.2 Å². The Kier molecular flexibility index (Phi) is 6.76. The number of aryl methyl sites for hydroxylation is 1. The maximum absolute atomic E-state index is 16.0. The normalized spacial score (nSPS) is 16.7. The van der Waals surface area contributed by atoms with Crippen LogP contribution < -0.4 is 4.43 Å². The molecule has 3 aromatic rings. The van der Waals surface area contributed by atoms with Gasteiger partial charge in [-0.25, -0.2) is 14.4 Å². The van der Waals surface area contributed by atoms with Crippen molar-refractivity contribution in [2.45, 2.75) is 52.2 Å². The topological polar surface area (TPSA) is 67.4 Å². The summed E-state index contributed by atoms with van der Waals surface area (Å²) in [6.45, 7) is 12.5. The van der Waals surface area contributed by atoms with Crippen molar-refractivity contribution in [1.82, 2.24) is 4.90 Å². The highest BCUT2D eigenvalue weighted by Crippen LogP contribution is 2.39. The number of carbonyl (C=O) groups excluding carboxylic acids is 1. The molecule has 3 heterocycles. The largest absolute Gasteiger partial charge is 0.542 e. The summed E-state index contributed by atoms with van der Waals surface area (Å²) in [4.78, 5) is 24.3. The minimum absolute atomic E-state index is 0.0945. The van der Waals surface area contributed by atoms with E-state index in [1.807, 2.05) is 25.1 Å². The first-order valence-corrected chi connectivity index (χ1v) is 15.8. The molecule has 0 bridgehead atoms. The molecule has 39 heavy (non-hydrogen) atoms. The molecule has 8 heteroatoms. The fraction of sp³-hybridized carbons (Fsp3) is 0.258. The van der Waals surface area contributed by atoms with Crippen molar-refractivity contribution in [3.63, 3.8) is 0 Å². The van der Waals surface area contributed by atoms with E-state index in [4.69, 9.17) is 13.8 Å². The number of halogens is 1. The number of nitrogens with zero attached hydrogens (tertiary/aromatic N) is 3. The molecule has 1 aromatic heterocycles. The summed E-state index contributed by atoms with van der Waals surface area (Å²) in [5.41, 5.74) is 3.53. The zero-order chi connectivity index (χ0) is 27.9. The van der Waals surface area contributed by atoms with Gasteiger partial charge in [-0.15, -0.1) is 0 Å². The molecule has 0 fully saturated rings. The van der Waals surface area contributed by atoms with Crippen LogP contribution in [0.25, 0.3) is 11.8 Å². The SMILES string of the molecule is Cc1cccc(CC2=NC(c3cccc(O[Si](C)(C)C(C)(C)C)c3F)=CN3C(=O)/C(=C\c4ccco4)N=C23)c1. The number of aliphatic imine (C=N–C) groups is 2. The second-order valence-electron chi connectivity index (χ2n) is 11.4. The van der Waals surface area contributed by atoms with Crippen molar-refractivity contribution < 1.29 is 18.0 Å². The van der Waals surface area contributed by atoms with Gasteiger partial charge in [-0.2, -0.15) is 0 Å². The molecule has 0 spiro atoms. The number of furan rings is 1. The third kappa shape index (κ3) is 5.29. The molecule has 2 aromatic carbocycles. The van der Waals surface area contributed by atoms with Crippen molar-refractivity contribution in [1.29, 1.82) is 0 Å². The molecule has 0 unspecified atom stereocenters. The Hall–Kier alpha value is -4.04. The van der Waals surface area contributed by atoms with Gasteiger partial charge in [-0.05, 0) is 54.9 Å². The highest BCUT2D eigenvalue weighted by Gasteiger charge is 2.40. The van der Waals surface area contributed by atoms with Crippen LogP contribution in [0.15, 0.2) is 87.2 Å². The quantitative estimate of drug-likeness (QED) is 0.241. The molecule has 0 radical (unpaired) electrons. The lowest BCUT2D eigenvalue weighted by molar-refractivity contribution is -0.120. The number of hydrogen-bond acceptors (Lipinski definition) is 5. The van der Waals surface area contributed by atoms with E-state index in [-0.39, 0.29) is 28.0 Å². The minimum Gasteiger partial charge on any atom is -0.542 e. The van der Waals surface area contributed by atoms with Crippen LogP contribution in [0.5, 0.6) is 5.75 Å². The maximum atomic E-state index is 16.0. The van der Waals surface area contributed by atoms with Crippen molar-refractivity contribution >= 4 is 37.5 Å². The van der Waals surface area contributed by atoms with Crippen molar-refractivity contribution in [3.05, 3.63) is 101 Å². The van der Waals surface area contributed by atoms with Gasteiger partial charge in [-0.3, -0.25) is 9.69 Å². The molecule has 0 aliphatic carbocycles. The Balaban J connectivity index is 1.58. The molecule has 0 atom stereocenters. The Morgan fingerprint density at radius 3 is 2.54 bits per heavy atom. The van der Waals surface area contributed by atoms with Crippen LogP contribution in [0.4, 0.5) is 4.39 Å². The van der Waals surface area contributed by atoms with E-state index in [2.05, 4.69) is 44.9 Å². The zero-order valence-corrected chi connectivity index (χ0v) is 24.1. The summed E-state index contributed by atoms with van der Waals surface area (Å²) >= 11 is 0. The van der Waals surface area contributed by atoms with Gasteiger partial charge in [0.2, 0.25) is 0 Å². The number of hydrogen-bond donors (Lipinski definition) is 0. The molecule has 0 saturated heterocycles. The fourth-order valence-electron chi connectivity index (χ4n) is 4.19. The highest BCUT2D eigenvalue weighted by molar-refractivity contribution is 6.74. The maximum Gasteiger partial charge on any atom is 0.282 e. The van der Waals surface area contributed by atoms with Gasteiger partial charge in [0, 0.05) is 24.3 Å². The first-order chi connectivity index (χ1) is 18.4. The van der Waals surface area contributed by atoms with Gasteiger partial charge < -0.3 is 8.84 Å². The third-order valence-electron chi connectivity index (χ3n) is 7.34. The summed E-state index contributed by atoms with van der Waals surface area (Å²) in [5, 5.41) is -0.0945. The Bertz CT molecular complexity index is 1560. The van der Waals surface area contributed by atoms with E-state index in [1.54, 1.807) is 42.6 Å². The summed E-state index contributed by atoms with van der Waals surface area (Å²) in [5.74, 6) is 0.318. The number of fused-ring (bicyclic) bond motifs is 1. The molecular weight excluding hydrogens is 509 g/mol. The van der Waals surface area contributed by atoms with Gasteiger partial charge in [0.05, 0.1) is 17.7 Å². The van der Waals surface area contributed by atoms with Crippen LogP contribution in [0.2, 0.25) is 18.1 Å². The lowest BCUT2D eigenvalue weighted by atomic mass is 10.0. The minimum atomic E-state index is -2.29. The smallest absolute Gasteiger partial charge is 0.282 e. The lowest BCUT2D eigenvalue weighted by Gasteiger charge is -2.36. The zero-order valence-electron chi connectivity index (χ0n) is 23.1. The fourth-order valence-corrected chi connectivity index (χ4v) is 5.20. The van der Waals surface area contributed by atoms with Gasteiger partial charge in [0.25, 0.3) is 14.2 Å². The molecular formula is C31H32FN3O3Si. The van der Waals surface area contributed by atoms with Crippen molar-refractivity contribution in [2.75, 3.05) is 0 Å². The molecule has 5 rings (SSSR count). The molecule has 1 amide bonds. The van der Waals surface area contributed by atoms with Crippen molar-refractivity contribution in [2.24, 2.45) is 9.98 Å². The Morgan fingerprint density at radius 2 is 1.85 bits per heavy atom. The van der Waals surface area contributed by atoms with E-state index >= 15 is 4.39 Å². The first kappa shape index (κ1) is 26.6. The summed E-state index contributed by atoms with van der Waals surface area (Å²) in [6, 6.07) is 16.6. The highest BCUT2D eigenvalue weighted by atomic mass is 28.4. The molecule has 0 saturated carbocycles. The van der Waals surface area contributed by atoms with E-state index in [9.17, 15) is 4.79 Å². The van der Waals surface area contributed by atoms with Gasteiger partial charge in [0.1, 0.15) is 17.2 Å². The number of carbonyl (C=O) groups is 1. The molecule has 2 aliphatic heterocycles. The van der Waals surface area contributed by atoms with E-state index < -0.39 is 14.1 Å². The predicted octanol–water partition coefficient (Wildman–Crippen LogP) is 7.39. The predicted molar refractivity (Wildman–Crippen MR) is 155 cm³/mol. The molecule has 6 nitrogen and oxygen atoms in total. The van der Waals surface area contributed by atoms with E-state index in [0.717, 1.165) is 11.1 Å². The number of amides is 1. The van der Waals surface area contributed by atoms with Crippen LogP contribution >= 0.6 is 0 Å². The summed E-state index contributed by atoms with van der Waals surface area (Å²) in [7, 11) is -2.29. The van der Waals surface area contributed by atoms with E-state index in [0.29, 0.717) is 29.4 Å². The third-order valence-corrected chi connectivity index (χ3v) is 11.7. The molecule has 2 aliphatic rings. The lowest BCUT2D eigenvalue weighted by Crippen LogP contribution is -2.44. The standard InChI is InChI=1S/C31H32FN3O3Si/c1-20-10-7-11-21(16-20)17-24-29-34-25(18-22-12-9-15-37-22)30(36)35(29)19-26(33-24)23-13-8-14-27(28(23)32)38-39(5,6)31(2,3)4/h7-16,18-19H,17H2,1-6H3/b25-18+. The second-order valence-corrected chi connectivity index (χ2v) is 16.1. The number of amidine groups is 1. The van der Waals surface area contributed by atoms with Crippen LogP contribution in [-0.2, 0) is 11.2 Å². The van der Waals surface area contributed by atoms with Crippen LogP contribution in [0.3, 0.4) is 0 Å².